The molecule has 2 saturated carbocycles. The molecule has 10 nitrogen and oxygen atoms in total. The first-order chi connectivity index (χ1) is 17.4. The maximum Gasteiger partial charge on any atom is 0.235 e. The lowest BCUT2D eigenvalue weighted by atomic mass is 9.52. The van der Waals surface area contributed by atoms with Crippen molar-refractivity contribution in [3.63, 3.8) is 0 Å². The van der Waals surface area contributed by atoms with Crippen LogP contribution in [-0.4, -0.2) is 74.9 Å². The summed E-state index contributed by atoms with van der Waals surface area (Å²) >= 11 is 0. The number of pyridine rings is 1. The van der Waals surface area contributed by atoms with Gasteiger partial charge in [-0.3, -0.25) is 33.9 Å². The summed E-state index contributed by atoms with van der Waals surface area (Å²) in [5.41, 5.74) is 5.20. The molecule has 0 saturated heterocycles. The van der Waals surface area contributed by atoms with Gasteiger partial charge in [0.2, 0.25) is 5.91 Å². The summed E-state index contributed by atoms with van der Waals surface area (Å²) in [5, 5.41) is 22.3. The highest BCUT2D eigenvalue weighted by atomic mass is 16.3. The molecular formula is C27H27N3O7. The summed E-state index contributed by atoms with van der Waals surface area (Å²) in [5.74, 6) is -10.6. The molecule has 2 aromatic rings. The van der Waals surface area contributed by atoms with Crippen molar-refractivity contribution in [1.29, 1.82) is 0 Å². The molecule has 4 N–H and O–H groups in total. The third-order valence-electron chi connectivity index (χ3n) is 8.21. The van der Waals surface area contributed by atoms with Crippen LogP contribution in [0, 0.1) is 30.6 Å². The van der Waals surface area contributed by atoms with Crippen molar-refractivity contribution in [2.24, 2.45) is 29.4 Å². The lowest BCUT2D eigenvalue weighted by Gasteiger charge is -2.52. The van der Waals surface area contributed by atoms with Crippen LogP contribution in [0.4, 0.5) is 0 Å². The molecule has 3 aliphatic carbocycles. The zero-order chi connectivity index (χ0) is 27.0. The highest BCUT2D eigenvalue weighted by Gasteiger charge is 2.69. The first kappa shape index (κ1) is 24.9. The van der Waals surface area contributed by atoms with E-state index in [4.69, 9.17) is 5.73 Å². The van der Waals surface area contributed by atoms with Crippen molar-refractivity contribution in [3.8, 4) is 17.0 Å². The predicted molar refractivity (Wildman–Crippen MR) is 129 cm³/mol. The first-order valence-electron chi connectivity index (χ1n) is 12.0. The molecule has 2 unspecified atom stereocenters. The van der Waals surface area contributed by atoms with Crippen LogP contribution in [0.3, 0.4) is 0 Å². The number of rotatable bonds is 3. The second kappa shape index (κ2) is 8.39. The molecule has 0 aliphatic heterocycles. The number of ketones is 4. The lowest BCUT2D eigenvalue weighted by molar-refractivity contribution is -0.181. The van der Waals surface area contributed by atoms with Crippen LogP contribution >= 0.6 is 0 Å². The molecule has 0 spiro atoms. The number of nitrogens with two attached hydrogens (primary N) is 1. The van der Waals surface area contributed by atoms with Crippen LogP contribution in [0.25, 0.3) is 11.3 Å². The summed E-state index contributed by atoms with van der Waals surface area (Å²) in [6.07, 6.45) is 1.81. The molecule has 5 rings (SSSR count). The van der Waals surface area contributed by atoms with Crippen LogP contribution in [0.5, 0.6) is 5.75 Å². The molecule has 1 heterocycles. The fourth-order valence-electron chi connectivity index (χ4n) is 6.59. The topological polar surface area (TPSA) is 168 Å². The van der Waals surface area contributed by atoms with E-state index in [1.165, 1.54) is 11.0 Å². The molecule has 0 bridgehead atoms. The molecule has 1 aromatic carbocycles. The van der Waals surface area contributed by atoms with Gasteiger partial charge in [-0.15, -0.1) is 0 Å². The number of carbonyl (C=O) groups is 5. The maximum atomic E-state index is 13.8. The van der Waals surface area contributed by atoms with Crippen LogP contribution in [0.2, 0.25) is 0 Å². The van der Waals surface area contributed by atoms with E-state index in [0.29, 0.717) is 16.8 Å². The van der Waals surface area contributed by atoms with Gasteiger partial charge in [-0.2, -0.15) is 0 Å². The Labute approximate surface area is 212 Å². The normalized spacial score (nSPS) is 31.1. The number of hydrogen-bond donors (Lipinski definition) is 3. The number of aromatic nitrogens is 1. The highest BCUT2D eigenvalue weighted by Crippen LogP contribution is 2.51. The number of fused-ring (bicyclic) bond motifs is 3. The predicted octanol–water partition coefficient (Wildman–Crippen LogP) is 0.237. The SMILES string of the molecule is Cc1cccnc1-c1ccc(O)c2c1C[C@H]1C[C@H]3[C@H](N(C)C)C(=O)C(C(N)=O)C(=O)[C@@]3(O)C(=O)C1C2=O. The van der Waals surface area contributed by atoms with Crippen molar-refractivity contribution < 1.29 is 34.2 Å². The van der Waals surface area contributed by atoms with Gasteiger partial charge >= 0.3 is 0 Å². The fourth-order valence-corrected chi connectivity index (χ4v) is 6.59. The Balaban J connectivity index is 1.67. The van der Waals surface area contributed by atoms with Crippen LogP contribution in [-0.2, 0) is 25.6 Å². The third kappa shape index (κ3) is 3.32. The zero-order valence-electron chi connectivity index (χ0n) is 20.6. The van der Waals surface area contributed by atoms with E-state index in [2.05, 4.69) is 4.98 Å². The average Bonchev–Trinajstić information content (AvgIpc) is 2.82. The summed E-state index contributed by atoms with van der Waals surface area (Å²) in [4.78, 5) is 72.1. The fraction of sp³-hybridized carbons (Fsp3) is 0.407. The van der Waals surface area contributed by atoms with Gasteiger partial charge in [-0.05, 0) is 69.1 Å². The second-order valence-electron chi connectivity index (χ2n) is 10.4. The smallest absolute Gasteiger partial charge is 0.235 e. The van der Waals surface area contributed by atoms with E-state index < -0.39 is 64.4 Å². The Morgan fingerprint density at radius 2 is 1.84 bits per heavy atom. The standard InChI is InChI=1S/C27H27N3O7/c1-11-5-4-8-29-20(11)13-6-7-16(31)18-14(13)9-12-10-15-21(30(2)3)23(33)19(26(28)36)25(35)27(15,37)24(34)17(12)22(18)32/h4-8,12,15,17,19,21,31,37H,9-10H2,1-3H3,(H2,28,36)/t12-,15-,17?,19?,21-,27-/m0/s1. The second-order valence-corrected chi connectivity index (χ2v) is 10.4. The van der Waals surface area contributed by atoms with E-state index in [1.54, 1.807) is 32.4 Å². The summed E-state index contributed by atoms with van der Waals surface area (Å²) in [6.45, 7) is 1.87. The minimum atomic E-state index is -2.73. The van der Waals surface area contributed by atoms with Gasteiger partial charge in [-0.1, -0.05) is 6.07 Å². The van der Waals surface area contributed by atoms with Crippen molar-refractivity contribution in [2.75, 3.05) is 14.1 Å². The lowest BCUT2D eigenvalue weighted by Crippen LogP contribution is -2.74. The quantitative estimate of drug-likeness (QED) is 0.495. The van der Waals surface area contributed by atoms with E-state index in [9.17, 15) is 34.2 Å². The van der Waals surface area contributed by atoms with Gasteiger partial charge in [-0.25, -0.2) is 0 Å². The number of hydrogen-bond acceptors (Lipinski definition) is 9. The zero-order valence-corrected chi connectivity index (χ0v) is 20.6. The van der Waals surface area contributed by atoms with Gasteiger partial charge in [0.05, 0.1) is 23.2 Å². The number of likely N-dealkylation sites (N-methyl/N-ethyl adjacent to an activating group) is 1. The number of benzene rings is 1. The number of carbonyl (C=O) groups excluding carboxylic acids is 5. The molecule has 1 amide bonds. The summed E-state index contributed by atoms with van der Waals surface area (Å²) < 4.78 is 0. The third-order valence-corrected chi connectivity index (χ3v) is 8.21. The molecular weight excluding hydrogens is 478 g/mol. The van der Waals surface area contributed by atoms with Crippen molar-refractivity contribution in [1.82, 2.24) is 9.88 Å². The Bertz CT molecular complexity index is 1400. The number of amides is 1. The van der Waals surface area contributed by atoms with E-state index in [1.807, 2.05) is 13.0 Å². The van der Waals surface area contributed by atoms with Gasteiger partial charge < -0.3 is 15.9 Å². The number of aliphatic hydroxyl groups is 1. The molecule has 3 aliphatic rings. The largest absolute Gasteiger partial charge is 0.507 e. The van der Waals surface area contributed by atoms with E-state index in [0.717, 1.165) is 5.56 Å². The number of nitrogens with zero attached hydrogens (tertiary/aromatic N) is 2. The number of aryl methyl sites for hydroxylation is 1. The molecule has 192 valence electrons. The number of aromatic hydroxyl groups is 1. The van der Waals surface area contributed by atoms with E-state index in [-0.39, 0.29) is 24.2 Å². The molecule has 2 fully saturated rings. The van der Waals surface area contributed by atoms with Crippen LogP contribution < -0.4 is 5.73 Å². The summed E-state index contributed by atoms with van der Waals surface area (Å²) in [6, 6.07) is 5.55. The average molecular weight is 506 g/mol. The Kier molecular flexibility index (Phi) is 5.65. The van der Waals surface area contributed by atoms with Crippen molar-refractivity contribution in [3.05, 3.63) is 47.2 Å². The van der Waals surface area contributed by atoms with E-state index >= 15 is 0 Å². The molecule has 6 atom stereocenters. The van der Waals surface area contributed by atoms with Crippen molar-refractivity contribution in [2.45, 2.75) is 31.4 Å². The Morgan fingerprint density at radius 1 is 1.14 bits per heavy atom. The first-order valence-corrected chi connectivity index (χ1v) is 12.0. The Hall–Kier alpha value is -3.76. The minimum Gasteiger partial charge on any atom is -0.507 e. The van der Waals surface area contributed by atoms with Crippen LogP contribution in [0.1, 0.15) is 27.9 Å². The molecule has 10 heteroatoms. The van der Waals surface area contributed by atoms with Crippen molar-refractivity contribution >= 4 is 29.0 Å². The maximum absolute atomic E-state index is 13.8. The number of primary amides is 1. The van der Waals surface area contributed by atoms with Gasteiger partial charge in [0.1, 0.15) is 5.75 Å². The molecule has 0 radical (unpaired) electrons. The highest BCUT2D eigenvalue weighted by molar-refractivity contribution is 6.32. The molecule has 1 aromatic heterocycles. The van der Waals surface area contributed by atoms with Gasteiger partial charge in [0.25, 0.3) is 0 Å². The number of phenolic OH excluding ortho intramolecular Hbond substituents is 1. The molecule has 37 heavy (non-hydrogen) atoms. The monoisotopic (exact) mass is 505 g/mol. The van der Waals surface area contributed by atoms with Crippen LogP contribution in [0.15, 0.2) is 30.5 Å². The van der Waals surface area contributed by atoms with Gasteiger partial charge in [0, 0.05) is 17.7 Å². The number of Topliss-reactive ketones (excluding diaryl/α,β-unsaturated/α-hetero) is 4. The summed E-state index contributed by atoms with van der Waals surface area (Å²) in [7, 11) is 3.10. The minimum absolute atomic E-state index is 0.000190. The number of phenols is 1. The Morgan fingerprint density at radius 3 is 2.46 bits per heavy atom. The van der Waals surface area contributed by atoms with Gasteiger partial charge in [0.15, 0.2) is 34.7 Å².